The molecule has 0 fully saturated rings. The molecule has 0 aliphatic carbocycles. The Balaban J connectivity index is 2.01. The molecule has 5 heteroatoms. The lowest BCUT2D eigenvalue weighted by Gasteiger charge is -2.18. The lowest BCUT2D eigenvalue weighted by Crippen LogP contribution is -2.29. The number of nitrogen functional groups attached to an aromatic ring is 1. The van der Waals surface area contributed by atoms with Crippen molar-refractivity contribution >= 4 is 23.2 Å². The van der Waals surface area contributed by atoms with Crippen LogP contribution in [0.1, 0.15) is 15.9 Å². The zero-order chi connectivity index (χ0) is 14.5. The number of benzene rings is 1. The molecule has 0 aliphatic heterocycles. The van der Waals surface area contributed by atoms with Gasteiger partial charge in [-0.15, -0.1) is 0 Å². The molecule has 0 saturated carbocycles. The van der Waals surface area contributed by atoms with Gasteiger partial charge in [0.25, 0.3) is 5.91 Å². The predicted molar refractivity (Wildman–Crippen MR) is 80.8 cm³/mol. The van der Waals surface area contributed by atoms with Crippen molar-refractivity contribution in [1.82, 2.24) is 9.88 Å². The standard InChI is InChI=1S/C15H16ClN3O/c1-19(9-6-11-4-7-18-8-5-11)15(20)13-3-2-12(16)10-14(13)17/h2-5,7-8,10H,6,9,17H2,1H3. The number of nitrogens with zero attached hydrogens (tertiary/aromatic N) is 2. The molecule has 1 heterocycles. The normalized spacial score (nSPS) is 10.3. The van der Waals surface area contributed by atoms with Crippen molar-refractivity contribution in [1.29, 1.82) is 0 Å². The van der Waals surface area contributed by atoms with E-state index >= 15 is 0 Å². The van der Waals surface area contributed by atoms with Crippen molar-refractivity contribution in [2.24, 2.45) is 0 Å². The second-order valence-electron chi connectivity index (χ2n) is 4.56. The number of anilines is 1. The van der Waals surface area contributed by atoms with Crippen LogP contribution < -0.4 is 5.73 Å². The van der Waals surface area contributed by atoms with Crippen molar-refractivity contribution in [3.63, 3.8) is 0 Å². The van der Waals surface area contributed by atoms with Gasteiger partial charge in [-0.05, 0) is 42.3 Å². The first-order chi connectivity index (χ1) is 9.58. The van der Waals surface area contributed by atoms with Crippen LogP contribution in [0.15, 0.2) is 42.7 Å². The molecular formula is C15H16ClN3O. The molecule has 20 heavy (non-hydrogen) atoms. The highest BCUT2D eigenvalue weighted by molar-refractivity contribution is 6.31. The summed E-state index contributed by atoms with van der Waals surface area (Å²) in [6.45, 7) is 0.616. The predicted octanol–water partition coefficient (Wildman–Crippen LogP) is 2.63. The van der Waals surface area contributed by atoms with Crippen LogP contribution in [0.5, 0.6) is 0 Å². The van der Waals surface area contributed by atoms with Crippen LogP contribution in [-0.4, -0.2) is 29.4 Å². The SMILES string of the molecule is CN(CCc1ccncc1)C(=O)c1ccc(Cl)cc1N. The van der Waals surface area contributed by atoms with E-state index in [2.05, 4.69) is 4.98 Å². The summed E-state index contributed by atoms with van der Waals surface area (Å²) < 4.78 is 0. The Hall–Kier alpha value is -2.07. The first kappa shape index (κ1) is 14.3. The third-order valence-electron chi connectivity index (χ3n) is 3.08. The Morgan fingerprint density at radius 2 is 2.00 bits per heavy atom. The Bertz CT molecular complexity index is 601. The topological polar surface area (TPSA) is 59.2 Å². The minimum Gasteiger partial charge on any atom is -0.398 e. The Kier molecular flexibility index (Phi) is 4.58. The Morgan fingerprint density at radius 1 is 1.30 bits per heavy atom. The number of carbonyl (C=O) groups excluding carboxylic acids is 1. The molecule has 0 bridgehead atoms. The number of halogens is 1. The lowest BCUT2D eigenvalue weighted by atomic mass is 10.1. The van der Waals surface area contributed by atoms with Gasteiger partial charge in [0, 0.05) is 36.7 Å². The molecule has 1 amide bonds. The molecule has 0 spiro atoms. The molecule has 2 aromatic rings. The van der Waals surface area contributed by atoms with Crippen LogP contribution in [-0.2, 0) is 6.42 Å². The summed E-state index contributed by atoms with van der Waals surface area (Å²) in [6, 6.07) is 8.79. The molecule has 1 aromatic carbocycles. The number of rotatable bonds is 4. The van der Waals surface area contributed by atoms with Crippen LogP contribution in [0, 0.1) is 0 Å². The number of hydrogen-bond acceptors (Lipinski definition) is 3. The molecular weight excluding hydrogens is 274 g/mol. The second-order valence-corrected chi connectivity index (χ2v) is 5.00. The molecule has 4 nitrogen and oxygen atoms in total. The summed E-state index contributed by atoms with van der Waals surface area (Å²) in [4.78, 5) is 17.9. The van der Waals surface area contributed by atoms with E-state index in [9.17, 15) is 4.79 Å². The average Bonchev–Trinajstić information content (AvgIpc) is 2.45. The number of likely N-dealkylation sites (N-methyl/N-ethyl adjacent to an activating group) is 1. The fraction of sp³-hybridized carbons (Fsp3) is 0.200. The smallest absolute Gasteiger partial charge is 0.255 e. The molecule has 104 valence electrons. The van der Waals surface area contributed by atoms with E-state index in [1.807, 2.05) is 12.1 Å². The summed E-state index contributed by atoms with van der Waals surface area (Å²) in [5, 5.41) is 0.526. The Morgan fingerprint density at radius 3 is 2.65 bits per heavy atom. The summed E-state index contributed by atoms with van der Waals surface area (Å²) in [5.74, 6) is -0.103. The highest BCUT2D eigenvalue weighted by Gasteiger charge is 2.14. The van der Waals surface area contributed by atoms with E-state index in [1.54, 1.807) is 42.5 Å². The maximum absolute atomic E-state index is 12.3. The van der Waals surface area contributed by atoms with Crippen molar-refractivity contribution in [3.05, 3.63) is 58.9 Å². The van der Waals surface area contributed by atoms with Gasteiger partial charge in [-0.2, -0.15) is 0 Å². The second kappa shape index (κ2) is 6.39. The number of carbonyl (C=O) groups is 1. The third kappa shape index (κ3) is 3.48. The highest BCUT2D eigenvalue weighted by Crippen LogP contribution is 2.19. The zero-order valence-corrected chi connectivity index (χ0v) is 12.0. The fourth-order valence-electron chi connectivity index (χ4n) is 1.88. The monoisotopic (exact) mass is 289 g/mol. The molecule has 0 atom stereocenters. The van der Waals surface area contributed by atoms with E-state index in [-0.39, 0.29) is 5.91 Å². The van der Waals surface area contributed by atoms with Gasteiger partial charge in [-0.3, -0.25) is 9.78 Å². The van der Waals surface area contributed by atoms with Crippen LogP contribution in [0.25, 0.3) is 0 Å². The number of hydrogen-bond donors (Lipinski definition) is 1. The van der Waals surface area contributed by atoms with Crippen molar-refractivity contribution < 1.29 is 4.79 Å². The lowest BCUT2D eigenvalue weighted by molar-refractivity contribution is 0.0797. The Labute approximate surface area is 123 Å². The highest BCUT2D eigenvalue weighted by atomic mass is 35.5. The average molecular weight is 290 g/mol. The first-order valence-electron chi connectivity index (χ1n) is 6.27. The summed E-state index contributed by atoms with van der Waals surface area (Å²) in [6.07, 6.45) is 4.26. The van der Waals surface area contributed by atoms with E-state index < -0.39 is 0 Å². The molecule has 2 rings (SSSR count). The van der Waals surface area contributed by atoms with Gasteiger partial charge in [-0.1, -0.05) is 11.6 Å². The van der Waals surface area contributed by atoms with Gasteiger partial charge in [0.1, 0.15) is 0 Å². The van der Waals surface area contributed by atoms with E-state index in [1.165, 1.54) is 0 Å². The van der Waals surface area contributed by atoms with E-state index in [4.69, 9.17) is 17.3 Å². The van der Waals surface area contributed by atoms with Crippen molar-refractivity contribution in [2.75, 3.05) is 19.3 Å². The maximum atomic E-state index is 12.3. The summed E-state index contributed by atoms with van der Waals surface area (Å²) in [5.41, 5.74) is 7.85. The van der Waals surface area contributed by atoms with E-state index in [0.29, 0.717) is 22.8 Å². The summed E-state index contributed by atoms with van der Waals surface area (Å²) >= 11 is 5.83. The number of amides is 1. The van der Waals surface area contributed by atoms with Crippen LogP contribution in [0.3, 0.4) is 0 Å². The first-order valence-corrected chi connectivity index (χ1v) is 6.65. The summed E-state index contributed by atoms with van der Waals surface area (Å²) in [7, 11) is 1.76. The van der Waals surface area contributed by atoms with Crippen LogP contribution >= 0.6 is 11.6 Å². The third-order valence-corrected chi connectivity index (χ3v) is 3.31. The van der Waals surface area contributed by atoms with Gasteiger partial charge in [0.05, 0.1) is 5.56 Å². The van der Waals surface area contributed by atoms with Gasteiger partial charge in [0.15, 0.2) is 0 Å². The molecule has 0 radical (unpaired) electrons. The van der Waals surface area contributed by atoms with E-state index in [0.717, 1.165) is 12.0 Å². The van der Waals surface area contributed by atoms with Crippen molar-refractivity contribution in [2.45, 2.75) is 6.42 Å². The van der Waals surface area contributed by atoms with Gasteiger partial charge in [-0.25, -0.2) is 0 Å². The van der Waals surface area contributed by atoms with Crippen molar-refractivity contribution in [3.8, 4) is 0 Å². The number of nitrogens with two attached hydrogens (primary N) is 1. The minimum absolute atomic E-state index is 0.103. The van der Waals surface area contributed by atoms with Crippen LogP contribution in [0.4, 0.5) is 5.69 Å². The van der Waals surface area contributed by atoms with Gasteiger partial charge < -0.3 is 10.6 Å². The molecule has 0 saturated heterocycles. The van der Waals surface area contributed by atoms with Crippen LogP contribution in [0.2, 0.25) is 5.02 Å². The zero-order valence-electron chi connectivity index (χ0n) is 11.2. The quantitative estimate of drug-likeness (QED) is 0.880. The maximum Gasteiger partial charge on any atom is 0.255 e. The molecule has 0 unspecified atom stereocenters. The van der Waals surface area contributed by atoms with Gasteiger partial charge >= 0.3 is 0 Å². The largest absolute Gasteiger partial charge is 0.398 e. The molecule has 2 N–H and O–H groups in total. The molecule has 0 aliphatic rings. The number of pyridine rings is 1. The fourth-order valence-corrected chi connectivity index (χ4v) is 2.06. The van der Waals surface area contributed by atoms with Gasteiger partial charge in [0.2, 0.25) is 0 Å². The molecule has 1 aromatic heterocycles. The number of aromatic nitrogens is 1. The minimum atomic E-state index is -0.103.